The number of carbonyl (C=O) groups is 1. The molecule has 2 aromatic heterocycles. The van der Waals surface area contributed by atoms with E-state index in [1.165, 1.54) is 15.8 Å². The van der Waals surface area contributed by atoms with E-state index in [4.69, 9.17) is 9.40 Å². The van der Waals surface area contributed by atoms with Crippen LogP contribution in [0.1, 0.15) is 50.1 Å². The van der Waals surface area contributed by atoms with Crippen LogP contribution in [0.3, 0.4) is 0 Å². The van der Waals surface area contributed by atoms with Crippen LogP contribution < -0.4 is 4.90 Å². The maximum Gasteiger partial charge on any atom is 0.223 e. The van der Waals surface area contributed by atoms with Crippen molar-refractivity contribution in [2.45, 2.75) is 46.0 Å². The zero-order valence-corrected chi connectivity index (χ0v) is 21.5. The molecule has 0 atom stereocenters. The molecule has 6 nitrogen and oxygen atoms in total. The van der Waals surface area contributed by atoms with Crippen LogP contribution in [0.5, 0.6) is 0 Å². The van der Waals surface area contributed by atoms with Gasteiger partial charge in [0.1, 0.15) is 0 Å². The number of aromatic nitrogens is 2. The molecule has 3 heterocycles. The number of aryl methyl sites for hydroxylation is 2. The quantitative estimate of drug-likeness (QED) is 0.323. The van der Waals surface area contributed by atoms with Gasteiger partial charge in [0.15, 0.2) is 16.8 Å². The average Bonchev–Trinajstić information content (AvgIpc) is 3.54. The lowest BCUT2D eigenvalue weighted by Crippen LogP contribution is -2.48. The van der Waals surface area contributed by atoms with Crippen LogP contribution in [-0.2, 0) is 17.6 Å². The third-order valence-corrected chi connectivity index (χ3v) is 7.80. The number of rotatable bonds is 7. The number of nitrogens with zero attached hydrogens (tertiary/aromatic N) is 4. The molecule has 1 saturated heterocycles. The number of oxazole rings is 1. The fraction of sp³-hybridized carbons (Fsp3) is 0.393. The van der Waals surface area contributed by atoms with Crippen molar-refractivity contribution in [3.63, 3.8) is 0 Å². The van der Waals surface area contributed by atoms with E-state index in [1.807, 2.05) is 4.90 Å². The first-order chi connectivity index (χ1) is 17.0. The molecule has 1 aliphatic rings. The number of hydrogen-bond donors (Lipinski definition) is 0. The minimum Gasteiger partial charge on any atom is -0.441 e. The van der Waals surface area contributed by atoms with Gasteiger partial charge in [0.2, 0.25) is 5.91 Å². The number of thiazole rings is 1. The van der Waals surface area contributed by atoms with Crippen LogP contribution in [-0.4, -0.2) is 47.0 Å². The van der Waals surface area contributed by atoms with Crippen molar-refractivity contribution >= 4 is 32.6 Å². The maximum atomic E-state index is 12.8. The van der Waals surface area contributed by atoms with Gasteiger partial charge in [-0.2, -0.15) is 0 Å². The molecule has 1 fully saturated rings. The molecule has 0 spiro atoms. The Hall–Kier alpha value is -3.19. The predicted molar refractivity (Wildman–Crippen MR) is 142 cm³/mol. The van der Waals surface area contributed by atoms with Crippen molar-refractivity contribution in [1.82, 2.24) is 14.9 Å². The molecule has 2 aromatic carbocycles. The number of fused-ring (bicyclic) bond motifs is 1. The molecular weight excluding hydrogens is 456 g/mol. The smallest absolute Gasteiger partial charge is 0.223 e. The van der Waals surface area contributed by atoms with Gasteiger partial charge in [0.25, 0.3) is 0 Å². The summed E-state index contributed by atoms with van der Waals surface area (Å²) in [5.41, 5.74) is 4.71. The second-order valence-corrected chi connectivity index (χ2v) is 10.4. The minimum absolute atomic E-state index is 0.155. The molecule has 1 aliphatic heterocycles. The van der Waals surface area contributed by atoms with Gasteiger partial charge in [0.05, 0.1) is 16.4 Å². The van der Waals surface area contributed by atoms with E-state index < -0.39 is 0 Å². The van der Waals surface area contributed by atoms with Gasteiger partial charge in [-0.3, -0.25) is 4.79 Å². The Morgan fingerprint density at radius 3 is 2.57 bits per heavy atom. The van der Waals surface area contributed by atoms with E-state index in [-0.39, 0.29) is 5.91 Å². The molecule has 0 aliphatic carbocycles. The summed E-state index contributed by atoms with van der Waals surface area (Å²) in [5.74, 6) is 2.01. The van der Waals surface area contributed by atoms with Crippen molar-refractivity contribution in [3.05, 3.63) is 65.7 Å². The van der Waals surface area contributed by atoms with Crippen molar-refractivity contribution in [3.8, 4) is 11.3 Å². The highest BCUT2D eigenvalue weighted by Gasteiger charge is 2.23. The normalized spacial score (nSPS) is 14.3. The van der Waals surface area contributed by atoms with Gasteiger partial charge >= 0.3 is 0 Å². The number of anilines is 1. The first-order valence-electron chi connectivity index (χ1n) is 12.5. The number of amides is 1. The topological polar surface area (TPSA) is 62.5 Å². The molecule has 4 aromatic rings. The summed E-state index contributed by atoms with van der Waals surface area (Å²) in [6.45, 7) is 9.58. The zero-order chi connectivity index (χ0) is 24.4. The van der Waals surface area contributed by atoms with Gasteiger partial charge in [-0.05, 0) is 35.6 Å². The van der Waals surface area contributed by atoms with Crippen molar-refractivity contribution < 1.29 is 9.21 Å². The maximum absolute atomic E-state index is 12.8. The Morgan fingerprint density at radius 2 is 1.86 bits per heavy atom. The van der Waals surface area contributed by atoms with Crippen LogP contribution in [0.4, 0.5) is 5.13 Å². The third kappa shape index (κ3) is 5.25. The molecule has 35 heavy (non-hydrogen) atoms. The Morgan fingerprint density at radius 1 is 1.09 bits per heavy atom. The molecule has 0 saturated carbocycles. The summed E-state index contributed by atoms with van der Waals surface area (Å²) in [6, 6.07) is 14.9. The number of hydrogen-bond acceptors (Lipinski definition) is 6. The van der Waals surface area contributed by atoms with E-state index in [1.54, 1.807) is 17.5 Å². The molecule has 1 amide bonds. The zero-order valence-electron chi connectivity index (χ0n) is 20.7. The molecule has 0 N–H and O–H groups in total. The van der Waals surface area contributed by atoms with E-state index in [9.17, 15) is 4.79 Å². The van der Waals surface area contributed by atoms with Crippen LogP contribution in [0.15, 0.2) is 53.1 Å². The average molecular weight is 489 g/mol. The summed E-state index contributed by atoms with van der Waals surface area (Å²) in [5, 5.41) is 1.05. The van der Waals surface area contributed by atoms with Gasteiger partial charge in [-0.1, -0.05) is 62.4 Å². The summed E-state index contributed by atoms with van der Waals surface area (Å²) in [4.78, 5) is 26.3. The molecular formula is C28H32N4O2S. The van der Waals surface area contributed by atoms with Crippen LogP contribution in [0.2, 0.25) is 0 Å². The van der Waals surface area contributed by atoms with Gasteiger partial charge < -0.3 is 14.2 Å². The third-order valence-electron chi connectivity index (χ3n) is 6.72. The molecule has 5 rings (SSSR count). The largest absolute Gasteiger partial charge is 0.441 e. The van der Waals surface area contributed by atoms with Gasteiger partial charge in [-0.25, -0.2) is 9.97 Å². The van der Waals surface area contributed by atoms with Crippen LogP contribution >= 0.6 is 11.3 Å². The Kier molecular flexibility index (Phi) is 6.86. The lowest BCUT2D eigenvalue weighted by Gasteiger charge is -2.34. The second-order valence-electron chi connectivity index (χ2n) is 9.41. The lowest BCUT2D eigenvalue weighted by molar-refractivity contribution is -0.131. The van der Waals surface area contributed by atoms with E-state index in [0.717, 1.165) is 41.5 Å². The Balaban J connectivity index is 1.13. The van der Waals surface area contributed by atoms with E-state index >= 15 is 0 Å². The monoisotopic (exact) mass is 488 g/mol. The second kappa shape index (κ2) is 10.2. The fourth-order valence-corrected chi connectivity index (χ4v) is 5.50. The minimum atomic E-state index is 0.155. The van der Waals surface area contributed by atoms with Crippen molar-refractivity contribution in [2.75, 3.05) is 31.1 Å². The summed E-state index contributed by atoms with van der Waals surface area (Å²) in [6.07, 6.45) is 3.71. The first-order valence-corrected chi connectivity index (χ1v) is 13.3. The van der Waals surface area contributed by atoms with Crippen LogP contribution in [0.25, 0.3) is 21.5 Å². The highest BCUT2D eigenvalue weighted by molar-refractivity contribution is 7.22. The van der Waals surface area contributed by atoms with Gasteiger partial charge in [-0.15, -0.1) is 0 Å². The Labute approximate surface area is 210 Å². The molecule has 182 valence electrons. The first kappa shape index (κ1) is 23.5. The van der Waals surface area contributed by atoms with Gasteiger partial charge in [0, 0.05) is 44.6 Å². The molecule has 7 heteroatoms. The number of benzene rings is 2. The SMILES string of the molecule is CCc1ccc2nc(N3CCN(C(=O)CCc4ncc(-c5ccc(C(C)C)cc5)o4)CC3)sc2c1. The number of carbonyl (C=O) groups excluding carboxylic acids is 1. The Bertz CT molecular complexity index is 1300. The molecule has 0 radical (unpaired) electrons. The summed E-state index contributed by atoms with van der Waals surface area (Å²) >= 11 is 1.74. The highest BCUT2D eigenvalue weighted by Crippen LogP contribution is 2.30. The van der Waals surface area contributed by atoms with E-state index in [2.05, 4.69) is 73.1 Å². The standard InChI is InChI=1S/C28H32N4O2S/c1-4-20-5-10-23-25(17-20)35-28(30-23)32-15-13-31(14-16-32)27(33)12-11-26-29-18-24(34-26)22-8-6-21(7-9-22)19(2)3/h5-10,17-19H,4,11-16H2,1-3H3. The number of piperazine rings is 1. The fourth-order valence-electron chi connectivity index (χ4n) is 4.42. The van der Waals surface area contributed by atoms with Crippen molar-refractivity contribution in [2.24, 2.45) is 0 Å². The predicted octanol–water partition coefficient (Wildman–Crippen LogP) is 5.92. The summed E-state index contributed by atoms with van der Waals surface area (Å²) in [7, 11) is 0. The lowest BCUT2D eigenvalue weighted by atomic mass is 10.0. The van der Waals surface area contributed by atoms with Crippen LogP contribution in [0, 0.1) is 0 Å². The van der Waals surface area contributed by atoms with Crippen molar-refractivity contribution in [1.29, 1.82) is 0 Å². The van der Waals surface area contributed by atoms with E-state index in [0.29, 0.717) is 37.7 Å². The highest BCUT2D eigenvalue weighted by atomic mass is 32.1. The molecule has 0 bridgehead atoms. The summed E-state index contributed by atoms with van der Waals surface area (Å²) < 4.78 is 7.17. The molecule has 0 unspecified atom stereocenters.